The number of fused-ring (bicyclic) bond motifs is 3. The van der Waals surface area contributed by atoms with E-state index in [2.05, 4.69) is 16.0 Å². The van der Waals surface area contributed by atoms with Gasteiger partial charge in [0.2, 0.25) is 65.0 Å². The summed E-state index contributed by atoms with van der Waals surface area (Å²) < 4.78 is 121. The first kappa shape index (κ1) is 87.1. The fourth-order valence-electron chi connectivity index (χ4n) is 18.0. The van der Waals surface area contributed by atoms with Gasteiger partial charge in [-0.25, -0.2) is 8.78 Å². The summed E-state index contributed by atoms with van der Waals surface area (Å²) in [7, 11) is 11.6. The summed E-state index contributed by atoms with van der Waals surface area (Å²) in [5, 5.41) is 9.07. The number of rotatable bonds is 13. The van der Waals surface area contributed by atoms with Crippen LogP contribution in [0.5, 0.6) is 0 Å². The van der Waals surface area contributed by atoms with Crippen LogP contribution in [0.2, 0.25) is 0 Å². The zero-order chi connectivity index (χ0) is 79.6. The zero-order valence-corrected chi connectivity index (χ0v) is 65.2. The van der Waals surface area contributed by atoms with Gasteiger partial charge in [-0.3, -0.25) is 52.7 Å². The number of carbonyl (C=O) groups is 11. The Hall–Kier alpha value is -6.47. The van der Waals surface area contributed by atoms with E-state index in [1.54, 1.807) is 18.9 Å². The van der Waals surface area contributed by atoms with E-state index in [0.29, 0.717) is 64.2 Å². The van der Waals surface area contributed by atoms with Crippen LogP contribution in [0.3, 0.4) is 0 Å². The normalized spacial score (nSPS) is 32.6. The number of hydrogen-bond acceptors (Lipinski definition) is 13. The van der Waals surface area contributed by atoms with E-state index in [1.165, 1.54) is 78.7 Å². The van der Waals surface area contributed by atoms with E-state index in [0.717, 1.165) is 29.1 Å². The Balaban J connectivity index is 1.19. The highest BCUT2D eigenvalue weighted by molar-refractivity contribution is 6.00. The maximum atomic E-state index is 15.6. The van der Waals surface area contributed by atoms with Crippen LogP contribution < -0.4 is 16.0 Å². The quantitative estimate of drug-likeness (QED) is 0.154. The van der Waals surface area contributed by atoms with E-state index in [9.17, 15) is 45.5 Å². The summed E-state index contributed by atoms with van der Waals surface area (Å²) >= 11 is 0. The lowest BCUT2D eigenvalue weighted by atomic mass is 9.74. The zero-order valence-electron chi connectivity index (χ0n) is 65.2. The highest BCUT2D eigenvalue weighted by atomic mass is 19.4. The molecule has 2 unspecified atom stereocenters. The first-order chi connectivity index (χ1) is 50.8. The number of halogens is 8. The molecular formula is C76H120F8N12O12. The third-order valence-corrected chi connectivity index (χ3v) is 25.4. The molecule has 0 aromatic rings. The molecule has 12 atom stereocenters. The second-order valence-corrected chi connectivity index (χ2v) is 32.9. The van der Waals surface area contributed by atoms with Crippen molar-refractivity contribution in [1.29, 1.82) is 0 Å². The number of alkyl halides is 8. The molecule has 5 saturated carbocycles. The molecule has 3 aliphatic heterocycles. The van der Waals surface area contributed by atoms with Crippen LogP contribution in [0.15, 0.2) is 0 Å². The fraction of sp³-hybridized carbons (Fsp3) is 0.855. The van der Waals surface area contributed by atoms with Gasteiger partial charge in [-0.1, -0.05) is 65.2 Å². The number of likely N-dealkylation sites (N-methyl/N-ethyl adjacent to an activating group) is 7. The summed E-state index contributed by atoms with van der Waals surface area (Å²) in [4.78, 5) is 178. The SMILES string of the molecule is CCO[C@@H]1C[C@H]2C(=O)NC3(CCC3)C(=O)N(C)[C@@H](C3CCCC3)C(=O)N(C)[C@H](C(=O)N(C)C)CC(=O)N(C)[C@@H](CC3CCC3)CN[C@@H]([C@@H](C)CC)C(=O)N(C)CC(=O)N(C)[C@H]3CCCCCN(C3=O)[C@@H](CC3CCC(C(F)(F)F)CC3)C(=O)N(C)CC(=O)N[C@@H](CCC3CC(F)C(C(F)(F)F)C(F)C3)C(=O)N2C1. The van der Waals surface area contributed by atoms with Gasteiger partial charge in [0.1, 0.15) is 60.1 Å². The van der Waals surface area contributed by atoms with Gasteiger partial charge in [-0.05, 0) is 146 Å². The summed E-state index contributed by atoms with van der Waals surface area (Å²) in [5.74, 6) is -14.3. The number of amides is 11. The van der Waals surface area contributed by atoms with E-state index < -0.39 is 218 Å². The van der Waals surface area contributed by atoms with E-state index in [-0.39, 0.29) is 102 Å². The molecule has 32 heteroatoms. The molecule has 8 fully saturated rings. The maximum Gasteiger partial charge on any atom is 0.397 e. The Morgan fingerprint density at radius 2 is 1.23 bits per heavy atom. The molecule has 3 N–H and O–H groups in total. The van der Waals surface area contributed by atoms with Gasteiger partial charge in [-0.2, -0.15) is 26.3 Å². The summed E-state index contributed by atoms with van der Waals surface area (Å²) in [6, 6.07) is -9.77. The summed E-state index contributed by atoms with van der Waals surface area (Å²) in [6.07, 6.45) is -10.9. The van der Waals surface area contributed by atoms with Crippen molar-refractivity contribution in [2.24, 2.45) is 41.4 Å². The first-order valence-electron chi connectivity index (χ1n) is 39.6. The van der Waals surface area contributed by atoms with Gasteiger partial charge in [0, 0.05) is 95.1 Å². The lowest BCUT2D eigenvalue weighted by Crippen LogP contribution is -2.68. The van der Waals surface area contributed by atoms with Crippen molar-refractivity contribution >= 4 is 65.0 Å². The Labute approximate surface area is 631 Å². The average Bonchev–Trinajstić information content (AvgIpc) is 1.37. The molecule has 108 heavy (non-hydrogen) atoms. The van der Waals surface area contributed by atoms with Gasteiger partial charge < -0.3 is 64.8 Å². The third kappa shape index (κ3) is 21.0. The van der Waals surface area contributed by atoms with Crippen LogP contribution in [0.25, 0.3) is 0 Å². The largest absolute Gasteiger partial charge is 0.397 e. The van der Waals surface area contributed by atoms with Crippen molar-refractivity contribution in [3.05, 3.63) is 0 Å². The van der Waals surface area contributed by atoms with E-state index >= 15 is 42.3 Å². The predicted octanol–water partition coefficient (Wildman–Crippen LogP) is 7.19. The van der Waals surface area contributed by atoms with E-state index in [4.69, 9.17) is 4.74 Å². The summed E-state index contributed by atoms with van der Waals surface area (Å²) in [5.41, 5.74) is -1.65. The second-order valence-electron chi connectivity index (χ2n) is 32.9. The minimum Gasteiger partial charge on any atom is -0.377 e. The number of ether oxygens (including phenoxy) is 1. The predicted molar refractivity (Wildman–Crippen MR) is 384 cm³/mol. The Morgan fingerprint density at radius 3 is 1.80 bits per heavy atom. The molecule has 2 bridgehead atoms. The first-order valence-corrected chi connectivity index (χ1v) is 39.6. The second kappa shape index (κ2) is 37.7. The van der Waals surface area contributed by atoms with Crippen molar-refractivity contribution in [3.8, 4) is 0 Å². The monoisotopic (exact) mass is 1540 g/mol. The molecule has 3 saturated heterocycles. The molecule has 11 amide bonds. The molecule has 1 spiro atoms. The van der Waals surface area contributed by atoms with Gasteiger partial charge in [0.15, 0.2) is 0 Å². The Kier molecular flexibility index (Phi) is 30.4. The molecule has 3 heterocycles. The number of nitrogens with zero attached hydrogens (tertiary/aromatic N) is 9. The number of hydrogen-bond donors (Lipinski definition) is 3. The third-order valence-electron chi connectivity index (χ3n) is 25.4. The van der Waals surface area contributed by atoms with Crippen LogP contribution in [-0.4, -0.2) is 289 Å². The lowest BCUT2D eigenvalue weighted by molar-refractivity contribution is -0.219. The van der Waals surface area contributed by atoms with Gasteiger partial charge in [0.05, 0.1) is 37.6 Å². The molecule has 8 rings (SSSR count). The Bertz CT molecular complexity index is 3140. The molecule has 0 aromatic heterocycles. The van der Waals surface area contributed by atoms with Gasteiger partial charge >= 0.3 is 12.4 Å². The molecule has 0 radical (unpaired) electrons. The highest BCUT2D eigenvalue weighted by Crippen LogP contribution is 2.46. The molecule has 612 valence electrons. The van der Waals surface area contributed by atoms with Crippen molar-refractivity contribution in [2.45, 2.75) is 279 Å². The molecule has 8 aliphatic rings. The maximum absolute atomic E-state index is 15.6. The van der Waals surface area contributed by atoms with Crippen molar-refractivity contribution in [2.75, 3.05) is 95.7 Å². The lowest BCUT2D eigenvalue weighted by Gasteiger charge is -2.46. The molecule has 24 nitrogen and oxygen atoms in total. The van der Waals surface area contributed by atoms with Crippen molar-refractivity contribution < 1.29 is 92.6 Å². The molecule has 5 aliphatic carbocycles. The smallest absolute Gasteiger partial charge is 0.377 e. The molecule has 0 aromatic carbocycles. The molecular weight excluding hydrogens is 1420 g/mol. The highest BCUT2D eigenvalue weighted by Gasteiger charge is 2.56. The fourth-order valence-corrected chi connectivity index (χ4v) is 18.0. The topological polar surface area (TPSA) is 262 Å². The number of carbonyl (C=O) groups excluding carboxylic acids is 11. The minimum absolute atomic E-state index is 0.0339. The van der Waals surface area contributed by atoms with E-state index in [1.807, 2.05) is 13.8 Å². The van der Waals surface area contributed by atoms with Crippen LogP contribution >= 0.6 is 0 Å². The van der Waals surface area contributed by atoms with Crippen LogP contribution in [-0.2, 0) is 57.5 Å². The van der Waals surface area contributed by atoms with Gasteiger partial charge in [0.25, 0.3) is 0 Å². The standard InChI is InChI=1S/C76H120F8N12O12/c1-12-45(3)64-71(105)90(7)44-62(99)92(9)56-25-15-14-18-34-95(70(56)104)59(38-47-26-29-50(30-27-47)75(79,80)81)69(103)89(6)43-60(97)86-55(31-28-48-36-53(77)63(54(78)37-48)76(82,83)84)67(101)96-42-52(108-13-2)39-57(96)66(100)87-74(32-20-33-74)73(107)94(11)65(49-23-16-17-24-49)72(106)93(10)58(68(102)88(4)5)40-61(98)91(8)51(41-85-64)35-46-21-19-22-46/h45-59,63-65,85H,12-44H2,1-11H3,(H,86,97)(H,87,100)/t45-,47?,48?,50?,51-,52+,53?,54?,55-,56-,57-,58-,59-,63?,64-,65-/m0/s1. The van der Waals surface area contributed by atoms with Crippen LogP contribution in [0, 0.1) is 41.4 Å². The summed E-state index contributed by atoms with van der Waals surface area (Å²) in [6.45, 7) is 4.02. The van der Waals surface area contributed by atoms with Crippen molar-refractivity contribution in [1.82, 2.24) is 60.0 Å². The minimum atomic E-state index is -5.20. The average molecular weight is 1550 g/mol. The van der Waals surface area contributed by atoms with Crippen molar-refractivity contribution in [3.63, 3.8) is 0 Å². The Morgan fingerprint density at radius 1 is 0.611 bits per heavy atom. The van der Waals surface area contributed by atoms with Gasteiger partial charge in [-0.15, -0.1) is 0 Å². The number of nitrogens with one attached hydrogen (secondary N) is 3. The van der Waals surface area contributed by atoms with Crippen LogP contribution in [0.4, 0.5) is 35.1 Å². The van der Waals surface area contributed by atoms with Crippen LogP contribution in [0.1, 0.15) is 194 Å².